The van der Waals surface area contributed by atoms with Crippen molar-refractivity contribution in [2.75, 3.05) is 5.32 Å². The Morgan fingerprint density at radius 1 is 1.08 bits per heavy atom. The summed E-state index contributed by atoms with van der Waals surface area (Å²) in [4.78, 5) is 29.4. The number of carbonyl (C=O) groups excluding carboxylic acids is 1. The summed E-state index contributed by atoms with van der Waals surface area (Å²) in [6, 6.07) is 18.2. The first-order valence-electron chi connectivity index (χ1n) is 7.96. The van der Waals surface area contributed by atoms with E-state index in [0.717, 1.165) is 16.7 Å². The van der Waals surface area contributed by atoms with Crippen LogP contribution >= 0.6 is 0 Å². The van der Waals surface area contributed by atoms with Crippen molar-refractivity contribution in [1.82, 2.24) is 14.0 Å². The number of rotatable bonds is 3. The van der Waals surface area contributed by atoms with Gasteiger partial charge in [-0.3, -0.25) is 9.59 Å². The Bertz CT molecular complexity index is 1140. The van der Waals surface area contributed by atoms with Crippen LogP contribution in [-0.4, -0.2) is 19.9 Å². The molecule has 124 valence electrons. The molecule has 0 fully saturated rings. The van der Waals surface area contributed by atoms with Gasteiger partial charge in [0.05, 0.1) is 11.0 Å². The second kappa shape index (κ2) is 5.90. The van der Waals surface area contributed by atoms with E-state index in [2.05, 4.69) is 10.3 Å². The van der Waals surface area contributed by atoms with E-state index >= 15 is 0 Å². The zero-order valence-corrected chi connectivity index (χ0v) is 13.6. The van der Waals surface area contributed by atoms with Gasteiger partial charge in [0, 0.05) is 17.4 Å². The summed E-state index contributed by atoms with van der Waals surface area (Å²) >= 11 is 0. The summed E-state index contributed by atoms with van der Waals surface area (Å²) in [5, 5.41) is 2.86. The van der Waals surface area contributed by atoms with Crippen LogP contribution in [0.5, 0.6) is 0 Å². The van der Waals surface area contributed by atoms with Crippen LogP contribution in [0.3, 0.4) is 0 Å². The Balaban J connectivity index is 1.79. The zero-order chi connectivity index (χ0) is 17.4. The Morgan fingerprint density at radius 3 is 2.60 bits per heavy atom. The maximum absolute atomic E-state index is 12.4. The van der Waals surface area contributed by atoms with E-state index in [1.54, 1.807) is 11.5 Å². The van der Waals surface area contributed by atoms with Gasteiger partial charge in [0.25, 0.3) is 5.56 Å². The minimum absolute atomic E-state index is 0.0772. The van der Waals surface area contributed by atoms with E-state index in [1.165, 1.54) is 10.5 Å². The highest BCUT2D eigenvalue weighted by Crippen LogP contribution is 2.16. The minimum Gasteiger partial charge on any atom is -0.325 e. The van der Waals surface area contributed by atoms with Gasteiger partial charge in [0.15, 0.2) is 0 Å². The molecule has 4 aromatic rings. The van der Waals surface area contributed by atoms with Gasteiger partial charge in [-0.05, 0) is 31.2 Å². The fraction of sp³-hybridized carbons (Fsp3) is 0.105. The monoisotopic (exact) mass is 332 g/mol. The summed E-state index contributed by atoms with van der Waals surface area (Å²) in [6.45, 7) is 1.88. The van der Waals surface area contributed by atoms with Crippen molar-refractivity contribution in [2.24, 2.45) is 0 Å². The minimum atomic E-state index is -0.174. The predicted molar refractivity (Wildman–Crippen MR) is 96.8 cm³/mol. The summed E-state index contributed by atoms with van der Waals surface area (Å²) in [7, 11) is 0. The van der Waals surface area contributed by atoms with Gasteiger partial charge in [-0.25, -0.2) is 9.38 Å². The Hall–Kier alpha value is -3.41. The quantitative estimate of drug-likeness (QED) is 0.627. The molecule has 2 aromatic carbocycles. The standard InChI is InChI=1S/C19H16N4O2/c1-13-11-18(25)23-16-10-6-5-9-15(16)21-19(23)22(13)12-17(24)20-14-7-3-2-4-8-14/h2-11H,12H2,1H3,(H,20,24). The average Bonchev–Trinajstić information content (AvgIpc) is 2.99. The number of hydrogen-bond acceptors (Lipinski definition) is 3. The third-order valence-electron chi connectivity index (χ3n) is 4.12. The summed E-state index contributed by atoms with van der Waals surface area (Å²) in [5.41, 5.74) is 2.73. The lowest BCUT2D eigenvalue weighted by Crippen LogP contribution is -2.25. The lowest BCUT2D eigenvalue weighted by atomic mass is 10.3. The maximum atomic E-state index is 12.4. The average molecular weight is 332 g/mol. The van der Waals surface area contributed by atoms with Crippen LogP contribution in [-0.2, 0) is 11.3 Å². The van der Waals surface area contributed by atoms with Crippen LogP contribution in [0.4, 0.5) is 5.69 Å². The lowest BCUT2D eigenvalue weighted by molar-refractivity contribution is -0.116. The van der Waals surface area contributed by atoms with E-state index in [9.17, 15) is 9.59 Å². The molecule has 2 aromatic heterocycles. The van der Waals surface area contributed by atoms with E-state index in [0.29, 0.717) is 11.5 Å². The number of carbonyl (C=O) groups is 1. The fourth-order valence-electron chi connectivity index (χ4n) is 2.95. The smallest absolute Gasteiger partial charge is 0.259 e. The van der Waals surface area contributed by atoms with Gasteiger partial charge < -0.3 is 9.88 Å². The number of aryl methyl sites for hydroxylation is 1. The largest absolute Gasteiger partial charge is 0.325 e. The summed E-state index contributed by atoms with van der Waals surface area (Å²) in [5.74, 6) is 0.293. The number of nitrogens with zero attached hydrogens (tertiary/aromatic N) is 3. The SMILES string of the molecule is Cc1cc(=O)n2c3ccccc3nc2n1CC(=O)Nc1ccccc1. The Morgan fingerprint density at radius 2 is 1.80 bits per heavy atom. The van der Waals surface area contributed by atoms with E-state index in [1.807, 2.05) is 54.6 Å². The molecule has 0 spiro atoms. The fourth-order valence-corrected chi connectivity index (χ4v) is 2.95. The van der Waals surface area contributed by atoms with Crippen LogP contribution in [0.1, 0.15) is 5.69 Å². The molecule has 25 heavy (non-hydrogen) atoms. The van der Waals surface area contributed by atoms with Gasteiger partial charge in [-0.2, -0.15) is 0 Å². The molecule has 0 bridgehead atoms. The van der Waals surface area contributed by atoms with Crippen molar-refractivity contribution >= 4 is 28.4 Å². The number of benzene rings is 2. The Labute approximate surface area is 143 Å². The third-order valence-corrected chi connectivity index (χ3v) is 4.12. The highest BCUT2D eigenvalue weighted by molar-refractivity contribution is 5.91. The molecule has 4 rings (SSSR count). The molecule has 0 saturated carbocycles. The Kier molecular flexibility index (Phi) is 3.57. The number of fused-ring (bicyclic) bond motifs is 3. The van der Waals surface area contributed by atoms with Crippen LogP contribution in [0.2, 0.25) is 0 Å². The molecule has 0 aliphatic rings. The highest BCUT2D eigenvalue weighted by Gasteiger charge is 2.14. The first-order valence-corrected chi connectivity index (χ1v) is 7.96. The topological polar surface area (TPSA) is 68.4 Å². The molecule has 0 aliphatic carbocycles. The van der Waals surface area contributed by atoms with Crippen molar-refractivity contribution in [3.8, 4) is 0 Å². The van der Waals surface area contributed by atoms with E-state index < -0.39 is 0 Å². The number of amides is 1. The van der Waals surface area contributed by atoms with Gasteiger partial charge in [0.2, 0.25) is 11.7 Å². The first kappa shape index (κ1) is 15.1. The number of para-hydroxylation sites is 3. The normalized spacial score (nSPS) is 11.1. The van der Waals surface area contributed by atoms with E-state index in [4.69, 9.17) is 0 Å². The lowest BCUT2D eigenvalue weighted by Gasteiger charge is -2.12. The van der Waals surface area contributed by atoms with Gasteiger partial charge in [-0.1, -0.05) is 30.3 Å². The second-order valence-corrected chi connectivity index (χ2v) is 5.86. The van der Waals surface area contributed by atoms with Crippen molar-refractivity contribution in [3.63, 3.8) is 0 Å². The van der Waals surface area contributed by atoms with Crippen molar-refractivity contribution in [1.29, 1.82) is 0 Å². The van der Waals surface area contributed by atoms with Gasteiger partial charge >= 0.3 is 0 Å². The van der Waals surface area contributed by atoms with Crippen LogP contribution in [0.15, 0.2) is 65.5 Å². The molecular formula is C19H16N4O2. The predicted octanol–water partition coefficient (Wildman–Crippen LogP) is 2.60. The third kappa shape index (κ3) is 2.67. The summed E-state index contributed by atoms with van der Waals surface area (Å²) < 4.78 is 3.29. The first-order chi connectivity index (χ1) is 12.1. The number of anilines is 1. The molecule has 1 amide bonds. The highest BCUT2D eigenvalue weighted by atomic mass is 16.2. The zero-order valence-electron chi connectivity index (χ0n) is 13.6. The molecule has 6 nitrogen and oxygen atoms in total. The molecule has 0 saturated heterocycles. The molecule has 0 atom stereocenters. The number of nitrogens with one attached hydrogen (secondary N) is 1. The van der Waals surface area contributed by atoms with Crippen molar-refractivity contribution < 1.29 is 4.79 Å². The molecule has 6 heteroatoms. The number of hydrogen-bond donors (Lipinski definition) is 1. The number of imidazole rings is 1. The van der Waals surface area contributed by atoms with Crippen LogP contribution in [0, 0.1) is 6.92 Å². The van der Waals surface area contributed by atoms with Crippen LogP contribution in [0.25, 0.3) is 16.8 Å². The molecule has 1 N–H and O–H groups in total. The van der Waals surface area contributed by atoms with E-state index in [-0.39, 0.29) is 18.0 Å². The van der Waals surface area contributed by atoms with Crippen molar-refractivity contribution in [2.45, 2.75) is 13.5 Å². The molecule has 0 radical (unpaired) electrons. The number of aromatic nitrogens is 3. The molecule has 0 unspecified atom stereocenters. The van der Waals surface area contributed by atoms with Gasteiger partial charge in [0.1, 0.15) is 6.54 Å². The maximum Gasteiger partial charge on any atom is 0.259 e. The molecule has 2 heterocycles. The summed E-state index contributed by atoms with van der Waals surface area (Å²) in [6.07, 6.45) is 0. The van der Waals surface area contributed by atoms with Gasteiger partial charge in [-0.15, -0.1) is 0 Å². The second-order valence-electron chi connectivity index (χ2n) is 5.86. The molecular weight excluding hydrogens is 316 g/mol. The van der Waals surface area contributed by atoms with Crippen LogP contribution < -0.4 is 10.9 Å². The van der Waals surface area contributed by atoms with Crippen molar-refractivity contribution in [3.05, 3.63) is 76.7 Å². The molecule has 0 aliphatic heterocycles.